The fourth-order valence-electron chi connectivity index (χ4n) is 1.79. The summed E-state index contributed by atoms with van der Waals surface area (Å²) in [4.78, 5) is 20.5. The summed E-state index contributed by atoms with van der Waals surface area (Å²) in [5.41, 5.74) is 3.42. The van der Waals surface area contributed by atoms with Crippen LogP contribution in [0.15, 0.2) is 0 Å². The maximum atomic E-state index is 11.6. The van der Waals surface area contributed by atoms with Crippen LogP contribution in [0.5, 0.6) is 0 Å². The molecule has 0 fully saturated rings. The maximum Gasteiger partial charge on any atom is 0.221 e. The third-order valence-electron chi connectivity index (χ3n) is 2.91. The zero-order chi connectivity index (χ0) is 16.0. The fraction of sp³-hybridized carbons (Fsp3) is 0.643. The van der Waals surface area contributed by atoms with Crippen LogP contribution in [0.1, 0.15) is 51.4 Å². The van der Waals surface area contributed by atoms with E-state index in [2.05, 4.69) is 26.0 Å². The number of nitrogen functional groups attached to an aromatic ring is 1. The van der Waals surface area contributed by atoms with Gasteiger partial charge in [-0.15, -0.1) is 0 Å². The van der Waals surface area contributed by atoms with Crippen molar-refractivity contribution < 1.29 is 4.79 Å². The lowest BCUT2D eigenvalue weighted by Gasteiger charge is -2.15. The molecule has 1 heterocycles. The monoisotopic (exact) mass is 294 g/mol. The molecule has 0 saturated heterocycles. The van der Waals surface area contributed by atoms with Crippen molar-refractivity contribution in [3.05, 3.63) is 11.4 Å². The molecule has 0 radical (unpaired) electrons. The Labute approximate surface area is 126 Å². The number of carbonyl (C=O) groups excluding carboxylic acids is 1. The third-order valence-corrected chi connectivity index (χ3v) is 2.91. The van der Waals surface area contributed by atoms with Crippen LogP contribution < -0.4 is 21.9 Å². The summed E-state index contributed by atoms with van der Waals surface area (Å²) < 4.78 is 0. The minimum atomic E-state index is 0.0189. The standard InChI is InChI=1S/C14H26N6O/c1-8(2)12-18-13(10(5)14(19-12)20-15)16-7-6-11(21)17-9(3)4/h8-9H,6-7,15H2,1-5H3,(H,17,21)(H2,16,18,19,20). The molecular formula is C14H26N6O. The van der Waals surface area contributed by atoms with E-state index < -0.39 is 0 Å². The molecular weight excluding hydrogens is 268 g/mol. The molecule has 0 aliphatic rings. The van der Waals surface area contributed by atoms with Crippen LogP contribution in [0, 0.1) is 6.92 Å². The molecule has 0 spiro atoms. The second-order valence-electron chi connectivity index (χ2n) is 5.60. The lowest BCUT2D eigenvalue weighted by Crippen LogP contribution is -2.31. The van der Waals surface area contributed by atoms with Crippen LogP contribution in [0.4, 0.5) is 11.6 Å². The first-order valence-corrected chi connectivity index (χ1v) is 7.23. The van der Waals surface area contributed by atoms with Gasteiger partial charge in [-0.25, -0.2) is 15.8 Å². The van der Waals surface area contributed by atoms with E-state index >= 15 is 0 Å². The number of hydrogen-bond donors (Lipinski definition) is 4. The minimum absolute atomic E-state index is 0.0189. The number of nitrogens with zero attached hydrogens (tertiary/aromatic N) is 2. The van der Waals surface area contributed by atoms with Gasteiger partial charge in [-0.2, -0.15) is 0 Å². The van der Waals surface area contributed by atoms with E-state index in [1.54, 1.807) is 0 Å². The Morgan fingerprint density at radius 1 is 1.19 bits per heavy atom. The van der Waals surface area contributed by atoms with Crippen molar-refractivity contribution in [2.45, 2.75) is 53.0 Å². The number of nitrogens with one attached hydrogen (secondary N) is 3. The van der Waals surface area contributed by atoms with Crippen molar-refractivity contribution in [2.24, 2.45) is 5.84 Å². The van der Waals surface area contributed by atoms with Crippen LogP contribution in [-0.2, 0) is 4.79 Å². The lowest BCUT2D eigenvalue weighted by molar-refractivity contribution is -0.121. The smallest absolute Gasteiger partial charge is 0.221 e. The SMILES string of the molecule is Cc1c(NN)nc(C(C)C)nc1NCCC(=O)NC(C)C. The number of rotatable bonds is 7. The highest BCUT2D eigenvalue weighted by Crippen LogP contribution is 2.22. The summed E-state index contributed by atoms with van der Waals surface area (Å²) in [6.45, 7) is 10.3. The Balaban J connectivity index is 2.74. The normalized spacial score (nSPS) is 10.9. The van der Waals surface area contributed by atoms with Crippen LogP contribution in [0.3, 0.4) is 0 Å². The molecule has 0 aliphatic carbocycles. The van der Waals surface area contributed by atoms with Crippen molar-refractivity contribution in [1.82, 2.24) is 15.3 Å². The third kappa shape index (κ3) is 5.18. The maximum absolute atomic E-state index is 11.6. The molecule has 1 aromatic rings. The van der Waals surface area contributed by atoms with Crippen LogP contribution >= 0.6 is 0 Å². The van der Waals surface area contributed by atoms with Gasteiger partial charge in [0.2, 0.25) is 5.91 Å². The van der Waals surface area contributed by atoms with Crippen molar-refractivity contribution >= 4 is 17.5 Å². The predicted octanol–water partition coefficient (Wildman–Crippen LogP) is 1.52. The van der Waals surface area contributed by atoms with E-state index in [0.717, 1.165) is 5.56 Å². The number of hydrogen-bond acceptors (Lipinski definition) is 6. The Bertz CT molecular complexity index is 487. The Kier molecular flexibility index (Phi) is 6.36. The van der Waals surface area contributed by atoms with Gasteiger partial charge >= 0.3 is 0 Å². The van der Waals surface area contributed by atoms with Gasteiger partial charge in [0, 0.05) is 30.5 Å². The summed E-state index contributed by atoms with van der Waals surface area (Å²) in [5, 5.41) is 6.03. The number of aromatic nitrogens is 2. The Morgan fingerprint density at radius 3 is 2.33 bits per heavy atom. The average Bonchev–Trinajstić information content (AvgIpc) is 2.39. The van der Waals surface area contributed by atoms with E-state index in [-0.39, 0.29) is 17.9 Å². The first-order chi connectivity index (χ1) is 9.85. The van der Waals surface area contributed by atoms with Gasteiger partial charge in [0.1, 0.15) is 17.5 Å². The topological polar surface area (TPSA) is 105 Å². The predicted molar refractivity (Wildman–Crippen MR) is 85.1 cm³/mol. The van der Waals surface area contributed by atoms with E-state index in [1.165, 1.54) is 0 Å². The largest absolute Gasteiger partial charge is 0.369 e. The highest BCUT2D eigenvalue weighted by atomic mass is 16.1. The number of carbonyl (C=O) groups is 1. The van der Waals surface area contributed by atoms with Crippen LogP contribution in [0.2, 0.25) is 0 Å². The zero-order valence-electron chi connectivity index (χ0n) is 13.4. The highest BCUT2D eigenvalue weighted by Gasteiger charge is 2.12. The van der Waals surface area contributed by atoms with Gasteiger partial charge in [-0.1, -0.05) is 13.8 Å². The number of amides is 1. The fourth-order valence-corrected chi connectivity index (χ4v) is 1.79. The van der Waals surface area contributed by atoms with Gasteiger partial charge in [0.05, 0.1) is 0 Å². The van der Waals surface area contributed by atoms with Crippen LogP contribution in [-0.4, -0.2) is 28.5 Å². The summed E-state index contributed by atoms with van der Waals surface area (Å²) in [5.74, 6) is 7.72. The molecule has 1 aromatic heterocycles. The molecule has 7 heteroatoms. The van der Waals surface area contributed by atoms with Gasteiger partial charge in [0.25, 0.3) is 0 Å². The Morgan fingerprint density at radius 2 is 1.81 bits per heavy atom. The number of nitrogens with two attached hydrogens (primary N) is 1. The number of hydrazine groups is 1. The molecule has 0 saturated carbocycles. The Hall–Kier alpha value is -1.89. The molecule has 7 nitrogen and oxygen atoms in total. The summed E-state index contributed by atoms with van der Waals surface area (Å²) in [6, 6.07) is 0.152. The first kappa shape index (κ1) is 17.2. The van der Waals surface area contributed by atoms with Gasteiger partial charge < -0.3 is 16.1 Å². The molecule has 118 valence electrons. The van der Waals surface area contributed by atoms with Gasteiger partial charge in [0.15, 0.2) is 0 Å². The second-order valence-corrected chi connectivity index (χ2v) is 5.60. The molecule has 0 unspecified atom stereocenters. The molecule has 5 N–H and O–H groups in total. The molecule has 0 aromatic carbocycles. The van der Waals surface area contributed by atoms with E-state index in [0.29, 0.717) is 30.4 Å². The molecule has 0 aliphatic heterocycles. The van der Waals surface area contributed by atoms with Gasteiger partial charge in [-0.3, -0.25) is 4.79 Å². The second kappa shape index (κ2) is 7.78. The van der Waals surface area contributed by atoms with Crippen molar-refractivity contribution in [2.75, 3.05) is 17.3 Å². The van der Waals surface area contributed by atoms with Crippen molar-refractivity contribution in [3.63, 3.8) is 0 Å². The summed E-state index contributed by atoms with van der Waals surface area (Å²) in [7, 11) is 0. The van der Waals surface area contributed by atoms with Gasteiger partial charge in [-0.05, 0) is 20.8 Å². The average molecular weight is 294 g/mol. The zero-order valence-corrected chi connectivity index (χ0v) is 13.4. The number of anilines is 2. The van der Waals surface area contributed by atoms with Crippen molar-refractivity contribution in [3.8, 4) is 0 Å². The highest BCUT2D eigenvalue weighted by molar-refractivity contribution is 5.76. The lowest BCUT2D eigenvalue weighted by atomic mass is 10.2. The van der Waals surface area contributed by atoms with E-state index in [9.17, 15) is 4.79 Å². The first-order valence-electron chi connectivity index (χ1n) is 7.23. The molecule has 21 heavy (non-hydrogen) atoms. The summed E-state index contributed by atoms with van der Waals surface area (Å²) in [6.07, 6.45) is 0.393. The molecule has 1 amide bonds. The molecule has 0 atom stereocenters. The van der Waals surface area contributed by atoms with Crippen LogP contribution in [0.25, 0.3) is 0 Å². The molecule has 1 rings (SSSR count). The quantitative estimate of drug-likeness (QED) is 0.449. The van der Waals surface area contributed by atoms with E-state index in [1.807, 2.05) is 34.6 Å². The van der Waals surface area contributed by atoms with Crippen molar-refractivity contribution in [1.29, 1.82) is 0 Å². The van der Waals surface area contributed by atoms with E-state index in [4.69, 9.17) is 5.84 Å². The summed E-state index contributed by atoms with van der Waals surface area (Å²) >= 11 is 0. The minimum Gasteiger partial charge on any atom is -0.369 e. The molecule has 0 bridgehead atoms.